The second-order valence-corrected chi connectivity index (χ2v) is 7.99. The van der Waals surface area contributed by atoms with E-state index in [1.54, 1.807) is 24.1 Å². The maximum absolute atomic E-state index is 13.3. The third-order valence-corrected chi connectivity index (χ3v) is 6.45. The van der Waals surface area contributed by atoms with E-state index in [1.165, 1.54) is 23.5 Å². The molecular formula is C22H20FNO2S. The Balaban J connectivity index is 1.64. The molecule has 1 amide bonds. The highest BCUT2D eigenvalue weighted by Gasteiger charge is 2.43. The number of carbonyl (C=O) groups excluding carboxylic acids is 1. The van der Waals surface area contributed by atoms with Crippen molar-refractivity contribution in [2.45, 2.75) is 24.5 Å². The van der Waals surface area contributed by atoms with E-state index in [2.05, 4.69) is 0 Å². The summed E-state index contributed by atoms with van der Waals surface area (Å²) >= 11 is 1.54. The summed E-state index contributed by atoms with van der Waals surface area (Å²) in [4.78, 5) is 15.9. The Hall–Kier alpha value is -2.50. The topological polar surface area (TPSA) is 40.5 Å². The third-order valence-electron chi connectivity index (χ3n) is 5.25. The minimum Gasteiger partial charge on any atom is -0.385 e. The average molecular weight is 381 g/mol. The van der Waals surface area contributed by atoms with Gasteiger partial charge in [-0.25, -0.2) is 4.39 Å². The van der Waals surface area contributed by atoms with Crippen LogP contribution >= 0.6 is 11.3 Å². The first-order valence-electron chi connectivity index (χ1n) is 8.89. The van der Waals surface area contributed by atoms with E-state index in [0.717, 1.165) is 20.9 Å². The van der Waals surface area contributed by atoms with Crippen molar-refractivity contribution in [3.05, 3.63) is 83.0 Å². The molecule has 0 aliphatic carbocycles. The van der Waals surface area contributed by atoms with Crippen LogP contribution in [0.3, 0.4) is 0 Å². The lowest BCUT2D eigenvalue weighted by molar-refractivity contribution is -0.128. The zero-order chi connectivity index (χ0) is 19.0. The molecule has 1 fully saturated rings. The van der Waals surface area contributed by atoms with Crippen LogP contribution in [0.1, 0.15) is 28.9 Å². The molecule has 3 nitrogen and oxygen atoms in total. The fourth-order valence-corrected chi connectivity index (χ4v) is 4.82. The van der Waals surface area contributed by atoms with Gasteiger partial charge in [0.05, 0.1) is 6.04 Å². The van der Waals surface area contributed by atoms with Gasteiger partial charge in [0.25, 0.3) is 0 Å². The molecule has 27 heavy (non-hydrogen) atoms. The van der Waals surface area contributed by atoms with E-state index in [9.17, 15) is 14.3 Å². The van der Waals surface area contributed by atoms with Gasteiger partial charge >= 0.3 is 0 Å². The number of nitrogens with zero attached hydrogens (tertiary/aromatic N) is 1. The first-order chi connectivity index (χ1) is 13.0. The molecule has 0 bridgehead atoms. The molecule has 2 aromatic carbocycles. The number of halogens is 1. The molecule has 1 aliphatic heterocycles. The minimum absolute atomic E-state index is 0.00628. The summed E-state index contributed by atoms with van der Waals surface area (Å²) in [5.41, 5.74) is 1.98. The van der Waals surface area contributed by atoms with Crippen LogP contribution in [-0.2, 0) is 4.79 Å². The molecular weight excluding hydrogens is 361 g/mol. The molecule has 0 radical (unpaired) electrons. The monoisotopic (exact) mass is 381 g/mol. The molecule has 0 spiro atoms. The third kappa shape index (κ3) is 3.40. The summed E-state index contributed by atoms with van der Waals surface area (Å²) in [5, 5.41) is 11.1. The molecule has 1 saturated heterocycles. The van der Waals surface area contributed by atoms with E-state index in [0.29, 0.717) is 6.42 Å². The molecule has 0 unspecified atom stereocenters. The Bertz CT molecular complexity index is 938. The second kappa shape index (κ2) is 7.25. The molecule has 2 heterocycles. The molecule has 0 saturated carbocycles. The number of carbonyl (C=O) groups is 1. The van der Waals surface area contributed by atoms with Crippen LogP contribution in [0.2, 0.25) is 0 Å². The van der Waals surface area contributed by atoms with Crippen LogP contribution in [0.4, 0.5) is 4.39 Å². The van der Waals surface area contributed by atoms with Crippen molar-refractivity contribution in [2.75, 3.05) is 7.05 Å². The molecule has 1 aromatic heterocycles. The highest BCUT2D eigenvalue weighted by molar-refractivity contribution is 7.15. The number of amides is 1. The Morgan fingerprint density at radius 3 is 2.48 bits per heavy atom. The molecule has 138 valence electrons. The molecule has 3 aromatic rings. The van der Waals surface area contributed by atoms with Gasteiger partial charge in [-0.15, -0.1) is 11.3 Å². The number of rotatable bonds is 4. The van der Waals surface area contributed by atoms with Gasteiger partial charge in [-0.2, -0.15) is 0 Å². The molecule has 1 N–H and O–H groups in total. The van der Waals surface area contributed by atoms with Crippen LogP contribution < -0.4 is 0 Å². The maximum Gasteiger partial charge on any atom is 0.223 e. The Kier molecular flexibility index (Phi) is 4.81. The smallest absolute Gasteiger partial charge is 0.223 e. The van der Waals surface area contributed by atoms with Gasteiger partial charge < -0.3 is 10.0 Å². The Labute approximate surface area is 161 Å². The molecule has 1 aliphatic rings. The largest absolute Gasteiger partial charge is 0.385 e. The number of likely N-dealkylation sites (tertiary alicyclic amines) is 1. The van der Waals surface area contributed by atoms with Crippen molar-refractivity contribution in [1.29, 1.82) is 0 Å². The van der Waals surface area contributed by atoms with Crippen LogP contribution in [0, 0.1) is 5.82 Å². The molecule has 3 atom stereocenters. The normalized spacial score (nSPS) is 20.9. The van der Waals surface area contributed by atoms with Crippen LogP contribution in [0.25, 0.3) is 10.4 Å². The fraction of sp³-hybridized carbons (Fsp3) is 0.227. The van der Waals surface area contributed by atoms with Gasteiger partial charge in [0.15, 0.2) is 0 Å². The minimum atomic E-state index is -0.793. The van der Waals surface area contributed by atoms with Crippen molar-refractivity contribution in [2.24, 2.45) is 0 Å². The second-order valence-electron chi connectivity index (χ2n) is 6.87. The lowest BCUT2D eigenvalue weighted by atomic mass is 9.88. The number of hydrogen-bond donors (Lipinski definition) is 1. The van der Waals surface area contributed by atoms with Gasteiger partial charge in [0.2, 0.25) is 5.91 Å². The predicted molar refractivity (Wildman–Crippen MR) is 105 cm³/mol. The standard InChI is InChI=1S/C22H20FNO2S/c1-24-20(25)13-17(14-7-9-16(23)10-8-14)21(24)22(26)19-12-11-18(27-19)15-5-3-2-4-6-15/h2-12,17,21-22,26H,13H2,1H3/t17-,21-,22-/m1/s1. The van der Waals surface area contributed by atoms with Gasteiger partial charge in [-0.1, -0.05) is 42.5 Å². The summed E-state index contributed by atoms with van der Waals surface area (Å²) in [6.07, 6.45) is -0.472. The van der Waals surface area contributed by atoms with Crippen LogP contribution in [-0.4, -0.2) is 29.0 Å². The van der Waals surface area contributed by atoms with E-state index >= 15 is 0 Å². The van der Waals surface area contributed by atoms with Crippen molar-refractivity contribution < 1.29 is 14.3 Å². The Morgan fingerprint density at radius 1 is 1.07 bits per heavy atom. The van der Waals surface area contributed by atoms with Gasteiger partial charge in [0, 0.05) is 29.1 Å². The van der Waals surface area contributed by atoms with Crippen molar-refractivity contribution in [3.8, 4) is 10.4 Å². The lowest BCUT2D eigenvalue weighted by Crippen LogP contribution is -2.36. The fourth-order valence-electron chi connectivity index (χ4n) is 3.78. The van der Waals surface area contributed by atoms with Crippen molar-refractivity contribution in [3.63, 3.8) is 0 Å². The number of hydrogen-bond acceptors (Lipinski definition) is 3. The highest BCUT2D eigenvalue weighted by atomic mass is 32.1. The van der Waals surface area contributed by atoms with Crippen LogP contribution in [0.15, 0.2) is 66.7 Å². The van der Waals surface area contributed by atoms with Crippen LogP contribution in [0.5, 0.6) is 0 Å². The zero-order valence-electron chi connectivity index (χ0n) is 14.9. The zero-order valence-corrected chi connectivity index (χ0v) is 15.7. The number of thiophene rings is 1. The average Bonchev–Trinajstić information content (AvgIpc) is 3.29. The summed E-state index contributed by atoms with van der Waals surface area (Å²) < 4.78 is 13.3. The summed E-state index contributed by atoms with van der Waals surface area (Å²) in [6, 6.07) is 19.8. The van der Waals surface area contributed by atoms with Crippen molar-refractivity contribution >= 4 is 17.2 Å². The number of aliphatic hydroxyl groups excluding tert-OH is 1. The number of benzene rings is 2. The van der Waals surface area contributed by atoms with E-state index in [-0.39, 0.29) is 23.7 Å². The quantitative estimate of drug-likeness (QED) is 0.717. The summed E-state index contributed by atoms with van der Waals surface area (Å²) in [5.74, 6) is -0.479. The highest BCUT2D eigenvalue weighted by Crippen LogP contribution is 2.42. The van der Waals surface area contributed by atoms with E-state index in [1.807, 2.05) is 42.5 Å². The maximum atomic E-state index is 13.3. The number of likely N-dealkylation sites (N-methyl/N-ethyl adjacent to an activating group) is 1. The van der Waals surface area contributed by atoms with Gasteiger partial charge in [0.1, 0.15) is 11.9 Å². The SMILES string of the molecule is CN1C(=O)C[C@H](c2ccc(F)cc2)[C@@H]1[C@H](O)c1ccc(-c2ccccc2)s1. The summed E-state index contributed by atoms with van der Waals surface area (Å²) in [7, 11) is 1.73. The van der Waals surface area contributed by atoms with Gasteiger partial charge in [-0.05, 0) is 35.4 Å². The van der Waals surface area contributed by atoms with Gasteiger partial charge in [-0.3, -0.25) is 4.79 Å². The first-order valence-corrected chi connectivity index (χ1v) is 9.70. The molecule has 4 rings (SSSR count). The summed E-state index contributed by atoms with van der Waals surface area (Å²) in [6.45, 7) is 0. The Morgan fingerprint density at radius 2 is 1.78 bits per heavy atom. The molecule has 5 heteroatoms. The van der Waals surface area contributed by atoms with E-state index < -0.39 is 6.10 Å². The first kappa shape index (κ1) is 17.9. The van der Waals surface area contributed by atoms with E-state index in [4.69, 9.17) is 0 Å². The number of aliphatic hydroxyl groups is 1. The lowest BCUT2D eigenvalue weighted by Gasteiger charge is -2.29. The predicted octanol–water partition coefficient (Wildman–Crippen LogP) is 4.60. The van der Waals surface area contributed by atoms with Crippen molar-refractivity contribution in [1.82, 2.24) is 4.90 Å².